The van der Waals surface area contributed by atoms with Gasteiger partial charge in [-0.3, -0.25) is 0 Å². The van der Waals surface area contributed by atoms with Gasteiger partial charge in [-0.05, 0) is 42.9 Å². The molecule has 0 aromatic heterocycles. The van der Waals surface area contributed by atoms with Crippen molar-refractivity contribution in [1.82, 2.24) is 0 Å². The third-order valence-corrected chi connectivity index (χ3v) is 3.41. The lowest BCUT2D eigenvalue weighted by Gasteiger charge is -1.99. The number of hydrogen-bond acceptors (Lipinski definition) is 2. The third kappa shape index (κ3) is 5.49. The fraction of sp³-hybridized carbons (Fsp3) is 0.200. The first-order valence-corrected chi connectivity index (χ1v) is 7.61. The van der Waals surface area contributed by atoms with Crippen molar-refractivity contribution in [2.24, 2.45) is 10.2 Å². The van der Waals surface area contributed by atoms with Crippen LogP contribution in [-0.2, 0) is 6.42 Å². The molecule has 2 heteroatoms. The van der Waals surface area contributed by atoms with E-state index in [-0.39, 0.29) is 0 Å². The zero-order chi connectivity index (χ0) is 15.6. The van der Waals surface area contributed by atoms with Crippen molar-refractivity contribution in [2.45, 2.75) is 26.2 Å². The van der Waals surface area contributed by atoms with Crippen LogP contribution in [0.3, 0.4) is 0 Å². The first-order valence-electron chi connectivity index (χ1n) is 7.61. The maximum absolute atomic E-state index is 4.10. The maximum Gasteiger partial charge on any atom is 0.0568 e. The molecule has 2 aromatic rings. The van der Waals surface area contributed by atoms with E-state index in [1.807, 2.05) is 18.2 Å². The van der Waals surface area contributed by atoms with Crippen molar-refractivity contribution in [3.8, 4) is 0 Å². The summed E-state index contributed by atoms with van der Waals surface area (Å²) in [6, 6.07) is 16.6. The quantitative estimate of drug-likeness (QED) is 0.298. The highest BCUT2D eigenvalue weighted by atomic mass is 15.2. The molecule has 0 aliphatic carbocycles. The molecule has 0 N–H and O–H groups in total. The number of aryl methyl sites for hydroxylation is 2. The Hall–Kier alpha value is -2.48. The van der Waals surface area contributed by atoms with E-state index in [4.69, 9.17) is 0 Å². The summed E-state index contributed by atoms with van der Waals surface area (Å²) in [5.74, 6) is 0. The molecular weight excluding hydrogens is 268 g/mol. The molecule has 0 aliphatic heterocycles. The van der Waals surface area contributed by atoms with Crippen molar-refractivity contribution < 1.29 is 0 Å². The van der Waals surface area contributed by atoms with Crippen LogP contribution in [0.2, 0.25) is 0 Å². The van der Waals surface area contributed by atoms with Gasteiger partial charge in [0.2, 0.25) is 0 Å². The van der Waals surface area contributed by atoms with Crippen LogP contribution >= 0.6 is 0 Å². The van der Waals surface area contributed by atoms with Gasteiger partial charge in [-0.15, -0.1) is 6.58 Å². The number of benzene rings is 2. The molecule has 0 spiro atoms. The lowest BCUT2D eigenvalue weighted by Crippen LogP contribution is -1.86. The van der Waals surface area contributed by atoms with Crippen LogP contribution in [0.1, 0.15) is 35.1 Å². The molecule has 0 radical (unpaired) electrons. The standard InChI is InChI=1S/C20H22N2/c1-3-4-5-6-18-11-13-20(14-12-18)16-22-21-15-19-9-7-17(2)8-10-19/h3,7-16H,1,4-6H2,2H3/b21-15+,22-16+. The van der Waals surface area contributed by atoms with E-state index in [0.717, 1.165) is 30.4 Å². The van der Waals surface area contributed by atoms with Crippen molar-refractivity contribution in [3.63, 3.8) is 0 Å². The smallest absolute Gasteiger partial charge is 0.0568 e. The summed E-state index contributed by atoms with van der Waals surface area (Å²) < 4.78 is 0. The summed E-state index contributed by atoms with van der Waals surface area (Å²) in [7, 11) is 0. The molecule has 0 saturated heterocycles. The SMILES string of the molecule is C=CCCCc1ccc(/C=N/N=C/c2ccc(C)cc2)cc1. The highest BCUT2D eigenvalue weighted by Crippen LogP contribution is 2.07. The summed E-state index contributed by atoms with van der Waals surface area (Å²) >= 11 is 0. The van der Waals surface area contributed by atoms with Crippen LogP contribution in [0.25, 0.3) is 0 Å². The predicted octanol–water partition coefficient (Wildman–Crippen LogP) is 4.96. The Morgan fingerprint density at radius 2 is 1.41 bits per heavy atom. The van der Waals surface area contributed by atoms with E-state index in [1.54, 1.807) is 12.4 Å². The number of rotatable bonds is 7. The number of nitrogens with zero attached hydrogens (tertiary/aromatic N) is 2. The van der Waals surface area contributed by atoms with Crippen LogP contribution in [0.15, 0.2) is 71.4 Å². The molecule has 2 rings (SSSR count). The minimum atomic E-state index is 1.06. The monoisotopic (exact) mass is 290 g/mol. The Balaban J connectivity index is 1.87. The average Bonchev–Trinajstić information content (AvgIpc) is 2.55. The van der Waals surface area contributed by atoms with Gasteiger partial charge in [-0.1, -0.05) is 60.2 Å². The fourth-order valence-corrected chi connectivity index (χ4v) is 2.07. The lowest BCUT2D eigenvalue weighted by molar-refractivity contribution is 0.844. The normalized spacial score (nSPS) is 11.3. The van der Waals surface area contributed by atoms with Gasteiger partial charge < -0.3 is 0 Å². The first kappa shape index (κ1) is 15.9. The Labute approximate surface area is 132 Å². The van der Waals surface area contributed by atoms with Crippen LogP contribution in [0.4, 0.5) is 0 Å². The van der Waals surface area contributed by atoms with Gasteiger partial charge in [-0.2, -0.15) is 10.2 Å². The van der Waals surface area contributed by atoms with Crippen molar-refractivity contribution in [2.75, 3.05) is 0 Å². The van der Waals surface area contributed by atoms with Crippen LogP contribution in [0.5, 0.6) is 0 Å². The molecule has 2 nitrogen and oxygen atoms in total. The molecule has 0 aliphatic rings. The maximum atomic E-state index is 4.10. The Bertz CT molecular complexity index is 634. The van der Waals surface area contributed by atoms with E-state index in [0.29, 0.717) is 0 Å². The fourth-order valence-electron chi connectivity index (χ4n) is 2.07. The molecule has 0 heterocycles. The third-order valence-electron chi connectivity index (χ3n) is 3.41. The topological polar surface area (TPSA) is 24.7 Å². The average molecular weight is 290 g/mol. The summed E-state index contributed by atoms with van der Waals surface area (Å²) in [6.45, 7) is 5.81. The summed E-state index contributed by atoms with van der Waals surface area (Å²) in [6.07, 6.45) is 8.81. The van der Waals surface area contributed by atoms with Gasteiger partial charge in [0.05, 0.1) is 12.4 Å². The van der Waals surface area contributed by atoms with E-state index in [1.165, 1.54) is 11.1 Å². The van der Waals surface area contributed by atoms with Crippen molar-refractivity contribution in [1.29, 1.82) is 0 Å². The first-order chi connectivity index (χ1) is 10.8. The second-order valence-corrected chi connectivity index (χ2v) is 5.32. The zero-order valence-corrected chi connectivity index (χ0v) is 13.1. The summed E-state index contributed by atoms with van der Waals surface area (Å²) in [5.41, 5.74) is 4.71. The van der Waals surface area contributed by atoms with E-state index < -0.39 is 0 Å². The molecule has 112 valence electrons. The summed E-state index contributed by atoms with van der Waals surface area (Å²) in [5, 5.41) is 8.18. The highest BCUT2D eigenvalue weighted by Gasteiger charge is 1.93. The van der Waals surface area contributed by atoms with Gasteiger partial charge >= 0.3 is 0 Å². The Morgan fingerprint density at radius 3 is 1.95 bits per heavy atom. The molecule has 22 heavy (non-hydrogen) atoms. The molecule has 0 saturated carbocycles. The predicted molar refractivity (Wildman–Crippen MR) is 95.9 cm³/mol. The molecule has 0 atom stereocenters. The number of hydrogen-bond donors (Lipinski definition) is 0. The van der Waals surface area contributed by atoms with Gasteiger partial charge in [0.15, 0.2) is 0 Å². The van der Waals surface area contributed by atoms with Crippen LogP contribution in [-0.4, -0.2) is 12.4 Å². The largest absolute Gasteiger partial charge is 0.159 e. The molecule has 0 bridgehead atoms. The Morgan fingerprint density at radius 1 is 0.864 bits per heavy atom. The van der Waals surface area contributed by atoms with Gasteiger partial charge in [0.25, 0.3) is 0 Å². The highest BCUT2D eigenvalue weighted by molar-refractivity contribution is 5.82. The van der Waals surface area contributed by atoms with Gasteiger partial charge in [0, 0.05) is 0 Å². The van der Waals surface area contributed by atoms with E-state index >= 15 is 0 Å². The summed E-state index contributed by atoms with van der Waals surface area (Å²) in [4.78, 5) is 0. The molecule has 0 unspecified atom stereocenters. The van der Waals surface area contributed by atoms with Crippen LogP contribution < -0.4 is 0 Å². The van der Waals surface area contributed by atoms with Crippen molar-refractivity contribution >= 4 is 12.4 Å². The second kappa shape index (κ2) is 8.73. The molecule has 0 amide bonds. The van der Waals surface area contributed by atoms with Crippen LogP contribution in [0, 0.1) is 6.92 Å². The van der Waals surface area contributed by atoms with Gasteiger partial charge in [0.1, 0.15) is 0 Å². The second-order valence-electron chi connectivity index (χ2n) is 5.32. The molecular formula is C20H22N2. The number of unbranched alkanes of at least 4 members (excludes halogenated alkanes) is 1. The van der Waals surface area contributed by atoms with E-state index in [9.17, 15) is 0 Å². The Kier molecular flexibility index (Phi) is 6.31. The molecule has 0 fully saturated rings. The van der Waals surface area contributed by atoms with Crippen molar-refractivity contribution in [3.05, 3.63) is 83.4 Å². The molecule has 2 aromatic carbocycles. The zero-order valence-electron chi connectivity index (χ0n) is 13.1. The minimum absolute atomic E-state index is 1.06. The van der Waals surface area contributed by atoms with E-state index in [2.05, 4.69) is 60.1 Å². The van der Waals surface area contributed by atoms with Gasteiger partial charge in [-0.25, -0.2) is 0 Å². The minimum Gasteiger partial charge on any atom is -0.159 e. The number of allylic oxidation sites excluding steroid dienone is 1. The lowest BCUT2D eigenvalue weighted by atomic mass is 10.1.